The molecule has 0 N–H and O–H groups in total. The molecular formula is C9H18F3N. The minimum atomic E-state index is -3.99. The van der Waals surface area contributed by atoms with Crippen LogP contribution in [0.1, 0.15) is 32.6 Å². The van der Waals surface area contributed by atoms with Crippen LogP contribution in [0.15, 0.2) is 0 Å². The van der Waals surface area contributed by atoms with Crippen LogP contribution in [0.25, 0.3) is 0 Å². The Balaban J connectivity index is 3.31. The SMILES string of the molecule is CCCCN(C)CCCC(F)(F)F. The van der Waals surface area contributed by atoms with E-state index in [1.165, 1.54) is 0 Å². The molecule has 0 radical (unpaired) electrons. The molecule has 0 amide bonds. The summed E-state index contributed by atoms with van der Waals surface area (Å²) in [5, 5.41) is 0. The number of nitrogens with zero attached hydrogens (tertiary/aromatic N) is 1. The van der Waals surface area contributed by atoms with E-state index in [0.29, 0.717) is 6.54 Å². The maximum atomic E-state index is 11.7. The van der Waals surface area contributed by atoms with Gasteiger partial charge in [0.05, 0.1) is 0 Å². The van der Waals surface area contributed by atoms with Crippen LogP contribution in [0, 0.1) is 0 Å². The average Bonchev–Trinajstić information content (AvgIpc) is 1.98. The molecule has 0 atom stereocenters. The van der Waals surface area contributed by atoms with E-state index in [0.717, 1.165) is 19.4 Å². The van der Waals surface area contributed by atoms with Crippen molar-refractivity contribution in [3.63, 3.8) is 0 Å². The van der Waals surface area contributed by atoms with E-state index in [1.54, 1.807) is 0 Å². The average molecular weight is 197 g/mol. The number of rotatable bonds is 6. The van der Waals surface area contributed by atoms with Crippen molar-refractivity contribution < 1.29 is 13.2 Å². The third kappa shape index (κ3) is 9.67. The van der Waals surface area contributed by atoms with Gasteiger partial charge in [-0.1, -0.05) is 13.3 Å². The molecule has 0 saturated carbocycles. The summed E-state index contributed by atoms with van der Waals surface area (Å²) in [7, 11) is 1.87. The largest absolute Gasteiger partial charge is 0.389 e. The van der Waals surface area contributed by atoms with E-state index in [1.807, 2.05) is 11.9 Å². The summed E-state index contributed by atoms with van der Waals surface area (Å²) >= 11 is 0. The summed E-state index contributed by atoms with van der Waals surface area (Å²) in [5.41, 5.74) is 0. The molecule has 0 heterocycles. The normalized spacial score (nSPS) is 12.5. The summed E-state index contributed by atoms with van der Waals surface area (Å²) < 4.78 is 35.2. The third-order valence-electron chi connectivity index (χ3n) is 1.89. The fraction of sp³-hybridized carbons (Fsp3) is 1.00. The van der Waals surface area contributed by atoms with Crippen LogP contribution in [-0.2, 0) is 0 Å². The summed E-state index contributed by atoms with van der Waals surface area (Å²) in [6.07, 6.45) is -2.30. The molecule has 0 saturated heterocycles. The molecule has 0 aliphatic rings. The monoisotopic (exact) mass is 197 g/mol. The van der Waals surface area contributed by atoms with Gasteiger partial charge in [0.1, 0.15) is 0 Å². The summed E-state index contributed by atoms with van der Waals surface area (Å²) in [6.45, 7) is 3.51. The topological polar surface area (TPSA) is 3.24 Å². The second kappa shape index (κ2) is 6.24. The minimum Gasteiger partial charge on any atom is -0.306 e. The highest BCUT2D eigenvalue weighted by molar-refractivity contribution is 4.55. The molecule has 80 valence electrons. The lowest BCUT2D eigenvalue weighted by molar-refractivity contribution is -0.136. The molecule has 0 unspecified atom stereocenters. The first kappa shape index (κ1) is 12.8. The molecule has 0 aromatic carbocycles. The lowest BCUT2D eigenvalue weighted by atomic mass is 10.2. The second-order valence-electron chi connectivity index (χ2n) is 3.38. The molecule has 0 aliphatic carbocycles. The lowest BCUT2D eigenvalue weighted by Crippen LogP contribution is -2.22. The fourth-order valence-electron chi connectivity index (χ4n) is 1.09. The molecule has 4 heteroatoms. The highest BCUT2D eigenvalue weighted by Gasteiger charge is 2.26. The smallest absolute Gasteiger partial charge is 0.306 e. The second-order valence-corrected chi connectivity index (χ2v) is 3.38. The predicted octanol–water partition coefficient (Wildman–Crippen LogP) is 3.06. The summed E-state index contributed by atoms with van der Waals surface area (Å²) in [5.74, 6) is 0. The van der Waals surface area contributed by atoms with E-state index in [4.69, 9.17) is 0 Å². The Morgan fingerprint density at radius 3 is 2.08 bits per heavy atom. The van der Waals surface area contributed by atoms with Crippen molar-refractivity contribution in [3.8, 4) is 0 Å². The first-order chi connectivity index (χ1) is 5.95. The highest BCUT2D eigenvalue weighted by Crippen LogP contribution is 2.21. The maximum Gasteiger partial charge on any atom is 0.389 e. The van der Waals surface area contributed by atoms with Gasteiger partial charge in [-0.2, -0.15) is 13.2 Å². The lowest BCUT2D eigenvalue weighted by Gasteiger charge is -2.16. The maximum absolute atomic E-state index is 11.7. The van der Waals surface area contributed by atoms with Gasteiger partial charge < -0.3 is 4.90 Å². The Hall–Kier alpha value is -0.250. The zero-order valence-electron chi connectivity index (χ0n) is 8.32. The van der Waals surface area contributed by atoms with Crippen molar-refractivity contribution in [3.05, 3.63) is 0 Å². The zero-order valence-corrected chi connectivity index (χ0v) is 8.32. The van der Waals surface area contributed by atoms with Crippen LogP contribution in [0.3, 0.4) is 0 Å². The van der Waals surface area contributed by atoms with Gasteiger partial charge in [0.2, 0.25) is 0 Å². The van der Waals surface area contributed by atoms with Gasteiger partial charge in [0.25, 0.3) is 0 Å². The molecule has 0 bridgehead atoms. The highest BCUT2D eigenvalue weighted by atomic mass is 19.4. The molecule has 0 fully saturated rings. The van der Waals surface area contributed by atoms with Crippen LogP contribution in [0.2, 0.25) is 0 Å². The zero-order chi connectivity index (χ0) is 10.3. The molecule has 0 aliphatic heterocycles. The van der Waals surface area contributed by atoms with Gasteiger partial charge in [0.15, 0.2) is 0 Å². The number of hydrogen-bond donors (Lipinski definition) is 0. The Bertz CT molecular complexity index is 123. The van der Waals surface area contributed by atoms with Crippen LogP contribution in [-0.4, -0.2) is 31.2 Å². The quantitative estimate of drug-likeness (QED) is 0.632. The van der Waals surface area contributed by atoms with Crippen molar-refractivity contribution in [2.45, 2.75) is 38.8 Å². The molecule has 0 aromatic rings. The first-order valence-electron chi connectivity index (χ1n) is 4.71. The van der Waals surface area contributed by atoms with Gasteiger partial charge in [-0.3, -0.25) is 0 Å². The fourth-order valence-corrected chi connectivity index (χ4v) is 1.09. The number of unbranched alkanes of at least 4 members (excludes halogenated alkanes) is 1. The Labute approximate surface area is 77.9 Å². The van der Waals surface area contributed by atoms with Crippen molar-refractivity contribution in [1.29, 1.82) is 0 Å². The van der Waals surface area contributed by atoms with Gasteiger partial charge >= 0.3 is 6.18 Å². The predicted molar refractivity (Wildman–Crippen MR) is 47.7 cm³/mol. The van der Waals surface area contributed by atoms with Crippen LogP contribution < -0.4 is 0 Å². The van der Waals surface area contributed by atoms with E-state index in [2.05, 4.69) is 6.92 Å². The van der Waals surface area contributed by atoms with Crippen molar-refractivity contribution in [2.75, 3.05) is 20.1 Å². The van der Waals surface area contributed by atoms with Crippen LogP contribution in [0.4, 0.5) is 13.2 Å². The molecule has 0 rings (SSSR count). The van der Waals surface area contributed by atoms with Gasteiger partial charge in [-0.05, 0) is 33.0 Å². The standard InChI is InChI=1S/C9H18F3N/c1-3-4-7-13(2)8-5-6-9(10,11)12/h3-8H2,1-2H3. The molecule has 0 aromatic heterocycles. The summed E-state index contributed by atoms with van der Waals surface area (Å²) in [4.78, 5) is 1.95. The summed E-state index contributed by atoms with van der Waals surface area (Å²) in [6, 6.07) is 0. The van der Waals surface area contributed by atoms with Crippen LogP contribution in [0.5, 0.6) is 0 Å². The van der Waals surface area contributed by atoms with Crippen molar-refractivity contribution >= 4 is 0 Å². The van der Waals surface area contributed by atoms with Gasteiger partial charge in [0, 0.05) is 6.42 Å². The van der Waals surface area contributed by atoms with E-state index in [9.17, 15) is 13.2 Å². The number of alkyl halides is 3. The van der Waals surface area contributed by atoms with E-state index >= 15 is 0 Å². The third-order valence-corrected chi connectivity index (χ3v) is 1.89. The molecule has 13 heavy (non-hydrogen) atoms. The van der Waals surface area contributed by atoms with Gasteiger partial charge in [-0.25, -0.2) is 0 Å². The first-order valence-corrected chi connectivity index (χ1v) is 4.71. The molecule has 1 nitrogen and oxygen atoms in total. The Morgan fingerprint density at radius 1 is 1.08 bits per heavy atom. The number of halogens is 3. The van der Waals surface area contributed by atoms with Crippen LogP contribution >= 0.6 is 0 Å². The minimum absolute atomic E-state index is 0.212. The van der Waals surface area contributed by atoms with E-state index in [-0.39, 0.29) is 6.42 Å². The Kier molecular flexibility index (Phi) is 6.12. The van der Waals surface area contributed by atoms with E-state index < -0.39 is 12.6 Å². The molecule has 0 spiro atoms. The number of hydrogen-bond acceptors (Lipinski definition) is 1. The van der Waals surface area contributed by atoms with Crippen molar-refractivity contribution in [1.82, 2.24) is 4.90 Å². The Morgan fingerprint density at radius 2 is 1.62 bits per heavy atom. The van der Waals surface area contributed by atoms with Crippen molar-refractivity contribution in [2.24, 2.45) is 0 Å². The van der Waals surface area contributed by atoms with Gasteiger partial charge in [-0.15, -0.1) is 0 Å². The molecular weight excluding hydrogens is 179 g/mol.